The van der Waals surface area contributed by atoms with E-state index in [4.69, 9.17) is 15.0 Å². The van der Waals surface area contributed by atoms with E-state index in [0.29, 0.717) is 65.9 Å². The molecule has 0 aliphatic rings. The van der Waals surface area contributed by atoms with Gasteiger partial charge in [0, 0.05) is 0 Å². The van der Waals surface area contributed by atoms with Crippen LogP contribution in [0, 0.1) is 0 Å². The van der Waals surface area contributed by atoms with Gasteiger partial charge in [-0.1, -0.05) is 0 Å². The van der Waals surface area contributed by atoms with Crippen LogP contribution in [0.4, 0.5) is 4.79 Å². The number of rotatable bonds is 0. The third-order valence-electron chi connectivity index (χ3n) is 0.834. The van der Waals surface area contributed by atoms with Crippen LogP contribution < -0.4 is -3.01 Å². The summed E-state index contributed by atoms with van der Waals surface area (Å²) in [4.78, 5) is 8.56. The molecule has 5 nitrogen and oxygen atoms in total. The normalized spacial score (nSPS) is 8.27. The van der Waals surface area contributed by atoms with Crippen LogP contribution in [0.25, 0.3) is 0 Å². The van der Waals surface area contributed by atoms with Crippen molar-refractivity contribution in [3.05, 3.63) is 12.4 Å². The van der Waals surface area contributed by atoms with Crippen LogP contribution in [0.2, 0.25) is 0 Å². The van der Waals surface area contributed by atoms with Crippen molar-refractivity contribution in [1.82, 2.24) is 9.78 Å². The zero-order valence-electron chi connectivity index (χ0n) is 6.35. The second kappa shape index (κ2) is 6.09. The maximum Gasteiger partial charge on any atom is 0.503 e. The molecule has 56 valence electrons. The van der Waals surface area contributed by atoms with Crippen LogP contribution >= 0.6 is 0 Å². The SMILES string of the molecule is Cn1c[c]([Cs])cn1.O=C(O)O. The quantitative estimate of drug-likeness (QED) is 0.666. The van der Waals surface area contributed by atoms with Crippen LogP contribution in [-0.2, 0) is 7.05 Å². The van der Waals surface area contributed by atoms with Gasteiger partial charge in [0.05, 0.1) is 0 Å². The molecule has 6 heteroatoms. The van der Waals surface area contributed by atoms with Gasteiger partial charge in [-0.05, 0) is 0 Å². The predicted octanol–water partition coefficient (Wildman–Crippen LogP) is -0.564. The maximum atomic E-state index is 8.56. The van der Waals surface area contributed by atoms with Gasteiger partial charge in [-0.3, -0.25) is 0 Å². The zero-order valence-corrected chi connectivity index (χ0v) is 12.6. The van der Waals surface area contributed by atoms with Crippen LogP contribution in [0.1, 0.15) is 0 Å². The molecular formula is C5H7CsN2O3. The molecule has 0 bridgehead atoms. The molecule has 0 aromatic carbocycles. The summed E-state index contributed by atoms with van der Waals surface area (Å²) in [6.45, 7) is 0. The third kappa shape index (κ3) is 8.44. The smallest absolute Gasteiger partial charge is 0.450 e. The third-order valence-corrected chi connectivity index (χ3v) is 2.46. The summed E-state index contributed by atoms with van der Waals surface area (Å²) >= 11 is 0.566. The number of hydrogen-bond acceptors (Lipinski definition) is 2. The van der Waals surface area contributed by atoms with Crippen molar-refractivity contribution in [3.8, 4) is 0 Å². The Labute approximate surface area is 111 Å². The molecule has 1 heterocycles. The van der Waals surface area contributed by atoms with Crippen LogP contribution in [-0.4, -0.2) is 92.1 Å². The number of nitrogens with zero attached hydrogens (tertiary/aromatic N) is 2. The Morgan fingerprint density at radius 2 is 2.18 bits per heavy atom. The average molecular weight is 276 g/mol. The van der Waals surface area contributed by atoms with Gasteiger partial charge in [0.2, 0.25) is 0 Å². The fourth-order valence-corrected chi connectivity index (χ4v) is 2.08. The Bertz CT molecular complexity index is 215. The monoisotopic (exact) mass is 276 g/mol. The van der Waals surface area contributed by atoms with Crippen molar-refractivity contribution < 1.29 is 15.0 Å². The first-order chi connectivity index (χ1) is 5.02. The molecule has 0 radical (unpaired) electrons. The van der Waals surface area contributed by atoms with E-state index < -0.39 is 6.16 Å². The molecule has 1 aromatic heterocycles. The molecule has 0 fully saturated rings. The standard InChI is InChI=1S/C4H5N2.CH2O3.Cs/c1-6-4-2-3-5-6;2-1(3)4;/h3-4H,1H3;(H2,2,3,4);. The first-order valence-electron chi connectivity index (χ1n) is 2.89. The van der Waals surface area contributed by atoms with E-state index in [-0.39, 0.29) is 0 Å². The van der Waals surface area contributed by atoms with Crippen LogP contribution in [0.5, 0.6) is 0 Å². The maximum absolute atomic E-state index is 8.56. The minimum Gasteiger partial charge on any atom is -0.450 e. The number of carbonyl (C=O) groups is 1. The van der Waals surface area contributed by atoms with Gasteiger partial charge in [-0.15, -0.1) is 0 Å². The Morgan fingerprint density at radius 1 is 1.73 bits per heavy atom. The zero-order chi connectivity index (χ0) is 8.85. The molecular weight excluding hydrogens is 269 g/mol. The molecule has 0 saturated carbocycles. The van der Waals surface area contributed by atoms with E-state index in [9.17, 15) is 0 Å². The second-order valence-corrected chi connectivity index (χ2v) is 5.60. The van der Waals surface area contributed by atoms with Crippen molar-refractivity contribution in [3.63, 3.8) is 0 Å². The molecule has 0 aliphatic carbocycles. The Morgan fingerprint density at radius 3 is 2.27 bits per heavy atom. The van der Waals surface area contributed by atoms with Crippen molar-refractivity contribution >= 4 is 69.1 Å². The summed E-state index contributed by atoms with van der Waals surface area (Å²) in [6, 6.07) is 0. The molecule has 0 unspecified atom stereocenters. The molecule has 11 heavy (non-hydrogen) atoms. The van der Waals surface area contributed by atoms with E-state index in [1.165, 1.54) is -3.01 Å². The van der Waals surface area contributed by atoms with Crippen LogP contribution in [0.3, 0.4) is 0 Å². The average Bonchev–Trinajstić information content (AvgIpc) is 2.13. The Balaban J connectivity index is 0.000000218. The van der Waals surface area contributed by atoms with E-state index in [0.717, 1.165) is 0 Å². The minimum absolute atomic E-state index is 0.566. The van der Waals surface area contributed by atoms with Gasteiger partial charge < -0.3 is 10.2 Å². The molecule has 0 atom stereocenters. The molecule has 1 rings (SSSR count). The molecule has 0 aliphatic heterocycles. The van der Waals surface area contributed by atoms with E-state index >= 15 is 0 Å². The summed E-state index contributed by atoms with van der Waals surface area (Å²) in [5.41, 5.74) is 0. The second-order valence-electron chi connectivity index (χ2n) is 1.97. The van der Waals surface area contributed by atoms with Crippen molar-refractivity contribution in [2.24, 2.45) is 7.05 Å². The fraction of sp³-hybridized carbons (Fsp3) is 0.200. The van der Waals surface area contributed by atoms with Crippen molar-refractivity contribution in [2.75, 3.05) is 0 Å². The summed E-state index contributed by atoms with van der Waals surface area (Å²) in [7, 11) is 1.95. The summed E-state index contributed by atoms with van der Waals surface area (Å²) < 4.78 is 3.28. The number of carboxylic acid groups (broad SMARTS) is 2. The van der Waals surface area contributed by atoms with Gasteiger partial charge in [0.25, 0.3) is 0 Å². The number of aryl methyl sites for hydroxylation is 1. The summed E-state index contributed by atoms with van der Waals surface area (Å²) in [5, 5.41) is 17.9. The minimum atomic E-state index is -1.83. The van der Waals surface area contributed by atoms with Gasteiger partial charge in [0.15, 0.2) is 0 Å². The van der Waals surface area contributed by atoms with Crippen molar-refractivity contribution in [2.45, 2.75) is 0 Å². The summed E-state index contributed by atoms with van der Waals surface area (Å²) in [5.74, 6) is 0. The predicted molar refractivity (Wildman–Crippen MR) is 39.2 cm³/mol. The largest absolute Gasteiger partial charge is 0.503 e. The Hall–Kier alpha value is 0.532. The van der Waals surface area contributed by atoms with Gasteiger partial charge >= 0.3 is 98.3 Å². The topological polar surface area (TPSA) is 75.4 Å². The van der Waals surface area contributed by atoms with Crippen LogP contribution in [0.15, 0.2) is 12.4 Å². The molecule has 0 spiro atoms. The number of hydrogen-bond donors (Lipinski definition) is 2. The number of aromatic nitrogens is 2. The van der Waals surface area contributed by atoms with Crippen molar-refractivity contribution in [1.29, 1.82) is 0 Å². The fourth-order valence-electron chi connectivity index (χ4n) is 0.544. The summed E-state index contributed by atoms with van der Waals surface area (Å²) in [6.07, 6.45) is 2.17. The van der Waals surface area contributed by atoms with E-state index in [1.807, 2.05) is 17.9 Å². The molecule has 1 aromatic rings. The molecule has 2 N–H and O–H groups in total. The van der Waals surface area contributed by atoms with Gasteiger partial charge in [0.1, 0.15) is 0 Å². The molecule has 0 saturated heterocycles. The van der Waals surface area contributed by atoms with E-state index in [2.05, 4.69) is 11.3 Å². The first kappa shape index (κ1) is 11.5. The molecule has 0 amide bonds. The first-order valence-corrected chi connectivity index (χ1v) is 6.03. The van der Waals surface area contributed by atoms with E-state index in [1.54, 1.807) is 0 Å². The van der Waals surface area contributed by atoms with Gasteiger partial charge in [-0.2, -0.15) is 0 Å². The van der Waals surface area contributed by atoms with Gasteiger partial charge in [-0.25, -0.2) is 4.79 Å². The Kier molecular flexibility index (Phi) is 6.39.